The van der Waals surface area contributed by atoms with Gasteiger partial charge in [0.05, 0.1) is 40.9 Å². The van der Waals surface area contributed by atoms with E-state index in [1.807, 2.05) is 45.4 Å². The Bertz CT molecular complexity index is 823. The molecular weight excluding hydrogens is 509 g/mol. The fraction of sp³-hybridized carbons (Fsp3) is 0.781. The zero-order valence-corrected chi connectivity index (χ0v) is 26.7. The van der Waals surface area contributed by atoms with Crippen LogP contribution in [0.2, 0.25) is 0 Å². The molecule has 0 heterocycles. The lowest BCUT2D eigenvalue weighted by Gasteiger charge is -2.28. The second-order valence-corrected chi connectivity index (χ2v) is 14.2. The van der Waals surface area contributed by atoms with Gasteiger partial charge in [-0.15, -0.1) is 0 Å². The third kappa shape index (κ3) is 20.3. The van der Waals surface area contributed by atoms with Gasteiger partial charge in [0, 0.05) is 19.0 Å². The topological polar surface area (TPSA) is 75.7 Å². The summed E-state index contributed by atoms with van der Waals surface area (Å²) < 4.78 is 24.7. The predicted octanol–water partition coefficient (Wildman–Crippen LogP) is 7.57. The number of Topliss-reactive ketones (excluding diaryl/α,β-unsaturated/α-hetero) is 1. The summed E-state index contributed by atoms with van der Waals surface area (Å²) in [5.41, 5.74) is 0.997. The van der Waals surface area contributed by atoms with Gasteiger partial charge in [-0.2, -0.15) is 0 Å². The minimum Gasteiger partial charge on any atom is -0.778 e. The summed E-state index contributed by atoms with van der Waals surface area (Å²) in [5.74, 6) is 0.645. The van der Waals surface area contributed by atoms with E-state index in [1.54, 1.807) is 6.92 Å². The number of benzene rings is 1. The molecule has 7 heteroatoms. The SMILES string of the molecule is CCCCCCCCCCCCCCOc1ccccc1CC(COP(=O)([O-])CCC[N+](C)(C)C)CC(C)=O. The van der Waals surface area contributed by atoms with Crippen LogP contribution in [0.25, 0.3) is 0 Å². The first-order valence-electron chi connectivity index (χ1n) is 15.5. The lowest BCUT2D eigenvalue weighted by atomic mass is 9.95. The average Bonchev–Trinajstić information content (AvgIpc) is 2.85. The first kappa shape index (κ1) is 35.8. The van der Waals surface area contributed by atoms with Gasteiger partial charge in [0.25, 0.3) is 0 Å². The van der Waals surface area contributed by atoms with E-state index in [-0.39, 0.29) is 30.9 Å². The van der Waals surface area contributed by atoms with E-state index >= 15 is 0 Å². The van der Waals surface area contributed by atoms with Gasteiger partial charge in [0.2, 0.25) is 0 Å². The molecule has 0 saturated heterocycles. The highest BCUT2D eigenvalue weighted by Gasteiger charge is 2.19. The number of rotatable bonds is 25. The molecule has 0 spiro atoms. The molecule has 0 amide bonds. The fourth-order valence-electron chi connectivity index (χ4n) is 4.87. The number of hydrogen-bond donors (Lipinski definition) is 0. The van der Waals surface area contributed by atoms with Crippen molar-refractivity contribution in [3.63, 3.8) is 0 Å². The van der Waals surface area contributed by atoms with Crippen molar-refractivity contribution in [1.82, 2.24) is 0 Å². The molecule has 6 nitrogen and oxygen atoms in total. The summed E-state index contributed by atoms with van der Waals surface area (Å²) in [4.78, 5) is 24.4. The molecule has 0 aliphatic rings. The Hall–Kier alpha value is -1.20. The number of quaternary nitrogens is 1. The number of hydrogen-bond acceptors (Lipinski definition) is 5. The average molecular weight is 568 g/mol. The van der Waals surface area contributed by atoms with E-state index in [0.717, 1.165) is 24.3 Å². The van der Waals surface area contributed by atoms with Crippen LogP contribution < -0.4 is 9.63 Å². The van der Waals surface area contributed by atoms with Crippen molar-refractivity contribution in [2.45, 2.75) is 110 Å². The smallest absolute Gasteiger partial charge is 0.135 e. The summed E-state index contributed by atoms with van der Waals surface area (Å²) in [6.07, 6.45) is 17.1. The van der Waals surface area contributed by atoms with Gasteiger partial charge < -0.3 is 28.0 Å². The van der Waals surface area contributed by atoms with Crippen molar-refractivity contribution in [3.05, 3.63) is 29.8 Å². The third-order valence-electron chi connectivity index (χ3n) is 7.08. The first-order valence-corrected chi connectivity index (χ1v) is 17.2. The van der Waals surface area contributed by atoms with Crippen LogP contribution in [-0.2, 0) is 20.3 Å². The maximum absolute atomic E-state index is 12.5. The maximum atomic E-state index is 12.5. The molecule has 0 saturated carbocycles. The molecule has 0 fully saturated rings. The molecule has 0 aromatic heterocycles. The van der Waals surface area contributed by atoms with E-state index in [4.69, 9.17) is 9.26 Å². The lowest BCUT2D eigenvalue weighted by molar-refractivity contribution is -0.870. The standard InChI is InChI=1S/C32H58NO5P/c1-6-7-8-9-10-11-12-13-14-15-16-19-24-37-32-22-18-17-21-31(32)27-30(26-29(2)34)28-38-39(35,36)25-20-23-33(3,4)5/h17-18,21-22,30H,6-16,19-20,23-28H2,1-5H3. The highest BCUT2D eigenvalue weighted by Crippen LogP contribution is 2.39. The number of carbonyl (C=O) groups is 1. The van der Waals surface area contributed by atoms with Gasteiger partial charge in [-0.25, -0.2) is 0 Å². The quantitative estimate of drug-likeness (QED) is 0.0692. The Morgan fingerprint density at radius 1 is 0.897 bits per heavy atom. The van der Waals surface area contributed by atoms with Crippen LogP contribution in [0, 0.1) is 5.92 Å². The second kappa shape index (κ2) is 20.6. The molecule has 39 heavy (non-hydrogen) atoms. The lowest BCUT2D eigenvalue weighted by Crippen LogP contribution is -2.35. The number of para-hydroxylation sites is 1. The van der Waals surface area contributed by atoms with Crippen molar-refractivity contribution in [1.29, 1.82) is 0 Å². The predicted molar refractivity (Wildman–Crippen MR) is 161 cm³/mol. The Labute approximate surface area is 240 Å². The maximum Gasteiger partial charge on any atom is 0.135 e. The molecule has 0 radical (unpaired) electrons. The normalized spacial score (nSPS) is 14.2. The van der Waals surface area contributed by atoms with Gasteiger partial charge in [-0.05, 0) is 37.3 Å². The summed E-state index contributed by atoms with van der Waals surface area (Å²) in [5, 5.41) is 0. The van der Waals surface area contributed by atoms with Crippen molar-refractivity contribution in [2.24, 2.45) is 5.92 Å². The monoisotopic (exact) mass is 567 g/mol. The number of unbranched alkanes of at least 4 members (excludes halogenated alkanes) is 11. The van der Waals surface area contributed by atoms with Crippen molar-refractivity contribution < 1.29 is 28.0 Å². The van der Waals surface area contributed by atoms with Gasteiger partial charge in [-0.1, -0.05) is 95.8 Å². The molecule has 1 aromatic rings. The minimum absolute atomic E-state index is 0.0219. The molecule has 0 bridgehead atoms. The first-order chi connectivity index (χ1) is 18.5. The summed E-state index contributed by atoms with van der Waals surface area (Å²) in [6.45, 7) is 5.26. The van der Waals surface area contributed by atoms with Crippen LogP contribution in [0.15, 0.2) is 24.3 Å². The van der Waals surface area contributed by atoms with E-state index < -0.39 is 7.60 Å². The Kier molecular flexibility index (Phi) is 19.0. The zero-order valence-electron chi connectivity index (χ0n) is 25.8. The zero-order chi connectivity index (χ0) is 29.0. The molecule has 2 atom stereocenters. The van der Waals surface area contributed by atoms with Crippen LogP contribution in [0.1, 0.15) is 109 Å². The molecule has 0 aliphatic carbocycles. The number of carbonyl (C=O) groups excluding carboxylic acids is 1. The summed E-state index contributed by atoms with van der Waals surface area (Å²) in [7, 11) is 2.18. The largest absolute Gasteiger partial charge is 0.778 e. The summed E-state index contributed by atoms with van der Waals surface area (Å²) in [6, 6.07) is 7.88. The number of ketones is 1. The Balaban J connectivity index is 2.41. The van der Waals surface area contributed by atoms with Crippen molar-refractivity contribution in [2.75, 3.05) is 47.1 Å². The van der Waals surface area contributed by atoms with Crippen molar-refractivity contribution in [3.8, 4) is 5.75 Å². The van der Waals surface area contributed by atoms with Crippen LogP contribution in [0.3, 0.4) is 0 Å². The molecular formula is C32H58NO5P. The minimum atomic E-state index is -3.94. The molecule has 1 aromatic carbocycles. The van der Waals surface area contributed by atoms with Crippen molar-refractivity contribution >= 4 is 13.4 Å². The van der Waals surface area contributed by atoms with Crippen LogP contribution in [-0.4, -0.2) is 57.3 Å². The summed E-state index contributed by atoms with van der Waals surface area (Å²) >= 11 is 0. The Morgan fingerprint density at radius 3 is 2.03 bits per heavy atom. The number of ether oxygens (including phenoxy) is 1. The van der Waals surface area contributed by atoms with Gasteiger partial charge >= 0.3 is 0 Å². The van der Waals surface area contributed by atoms with Gasteiger partial charge in [0.15, 0.2) is 0 Å². The Morgan fingerprint density at radius 2 is 1.46 bits per heavy atom. The molecule has 226 valence electrons. The fourth-order valence-corrected chi connectivity index (χ4v) is 5.96. The number of nitrogens with zero attached hydrogens (tertiary/aromatic N) is 1. The van der Waals surface area contributed by atoms with Crippen LogP contribution in [0.5, 0.6) is 5.75 Å². The third-order valence-corrected chi connectivity index (χ3v) is 8.49. The molecule has 0 N–H and O–H groups in total. The highest BCUT2D eigenvalue weighted by molar-refractivity contribution is 7.51. The highest BCUT2D eigenvalue weighted by atomic mass is 31.2. The van der Waals surface area contributed by atoms with Gasteiger partial charge in [0.1, 0.15) is 19.1 Å². The van der Waals surface area contributed by atoms with E-state index in [9.17, 15) is 14.3 Å². The van der Waals surface area contributed by atoms with E-state index in [0.29, 0.717) is 23.9 Å². The second-order valence-electron chi connectivity index (χ2n) is 12.3. The van der Waals surface area contributed by atoms with E-state index in [2.05, 4.69) is 6.92 Å². The molecule has 1 rings (SSSR count). The van der Waals surface area contributed by atoms with Crippen LogP contribution >= 0.6 is 7.60 Å². The van der Waals surface area contributed by atoms with Crippen LogP contribution in [0.4, 0.5) is 0 Å². The van der Waals surface area contributed by atoms with E-state index in [1.165, 1.54) is 70.6 Å². The molecule has 2 unspecified atom stereocenters. The molecule has 0 aliphatic heterocycles. The van der Waals surface area contributed by atoms with Gasteiger partial charge in [-0.3, -0.25) is 0 Å².